The third-order valence-electron chi connectivity index (χ3n) is 4.66. The van der Waals surface area contributed by atoms with Crippen molar-refractivity contribution in [3.63, 3.8) is 0 Å². The van der Waals surface area contributed by atoms with Crippen LogP contribution in [0.15, 0.2) is 41.5 Å². The van der Waals surface area contributed by atoms with Crippen LogP contribution in [0.4, 0.5) is 0 Å². The number of rotatable bonds is 2. The molecular formula is C16H22Zr. The van der Waals surface area contributed by atoms with Gasteiger partial charge >= 0.3 is 110 Å². The summed E-state index contributed by atoms with van der Waals surface area (Å²) >= 11 is -1.99. The molecule has 1 saturated heterocycles. The van der Waals surface area contributed by atoms with Gasteiger partial charge in [-0.2, -0.15) is 0 Å². The van der Waals surface area contributed by atoms with Crippen LogP contribution in [0.25, 0.3) is 0 Å². The zero-order chi connectivity index (χ0) is 12.2. The van der Waals surface area contributed by atoms with Crippen molar-refractivity contribution in [2.24, 2.45) is 5.92 Å². The van der Waals surface area contributed by atoms with Gasteiger partial charge < -0.3 is 0 Å². The van der Waals surface area contributed by atoms with E-state index in [1.54, 1.807) is 19.4 Å². The van der Waals surface area contributed by atoms with Crippen molar-refractivity contribution >= 4 is 0 Å². The molecule has 0 N–H and O–H groups in total. The van der Waals surface area contributed by atoms with Crippen LogP contribution in [0, 0.1) is 5.92 Å². The quantitative estimate of drug-likeness (QED) is 0.666. The summed E-state index contributed by atoms with van der Waals surface area (Å²) in [5, 5.41) is 0. The molecule has 0 amide bonds. The van der Waals surface area contributed by atoms with Gasteiger partial charge in [-0.25, -0.2) is 0 Å². The fourth-order valence-electron chi connectivity index (χ4n) is 3.85. The molecule has 2 aliphatic carbocycles. The van der Waals surface area contributed by atoms with Gasteiger partial charge in [-0.1, -0.05) is 0 Å². The molecule has 1 fully saturated rings. The van der Waals surface area contributed by atoms with E-state index in [4.69, 9.17) is 0 Å². The van der Waals surface area contributed by atoms with E-state index in [1.807, 2.05) is 6.56 Å². The molecule has 0 aromatic carbocycles. The van der Waals surface area contributed by atoms with Gasteiger partial charge in [-0.05, 0) is 0 Å². The summed E-state index contributed by atoms with van der Waals surface area (Å²) in [5.41, 5.74) is 4.74. The molecule has 90 valence electrons. The van der Waals surface area contributed by atoms with Crippen molar-refractivity contribution in [1.82, 2.24) is 0 Å². The molecule has 3 aliphatic rings. The molecule has 0 spiro atoms. The van der Waals surface area contributed by atoms with Crippen molar-refractivity contribution < 1.29 is 20.3 Å². The van der Waals surface area contributed by atoms with Gasteiger partial charge in [0.2, 0.25) is 0 Å². The molecule has 0 bridgehead atoms. The molecule has 1 aliphatic heterocycles. The Balaban J connectivity index is 1.95. The van der Waals surface area contributed by atoms with Gasteiger partial charge in [0.25, 0.3) is 0 Å². The average molecular weight is 306 g/mol. The zero-order valence-electron chi connectivity index (χ0n) is 11.4. The molecule has 0 radical (unpaired) electrons. The van der Waals surface area contributed by atoms with E-state index in [0.29, 0.717) is 0 Å². The van der Waals surface area contributed by atoms with Gasteiger partial charge in [-0.15, -0.1) is 0 Å². The SMILES string of the molecule is CC1=CC(C)[C]([Zr]2([C]3=C(C)C=C(C)C3)[CH2][CH2]2)=C1. The van der Waals surface area contributed by atoms with Gasteiger partial charge in [0.15, 0.2) is 0 Å². The Morgan fingerprint density at radius 1 is 1.12 bits per heavy atom. The Labute approximate surface area is 110 Å². The minimum atomic E-state index is -1.99. The Hall–Kier alpha value is -0.157. The standard InChI is InChI=1S/2C7H9.C2H4.Zr/c2*1-6-3-4-7(2)5-6;1-2;/h5H,3H2,1-2H3;3,5,7H,1-2H3;1-2H2;. The number of hydrogen-bond acceptors (Lipinski definition) is 0. The number of allylic oxidation sites excluding steroid dienone is 8. The Kier molecular flexibility index (Phi) is 2.75. The average Bonchev–Trinajstić information content (AvgIpc) is 2.86. The predicted octanol–water partition coefficient (Wildman–Crippen LogP) is 5.09. The third kappa shape index (κ3) is 1.82. The van der Waals surface area contributed by atoms with E-state index in [2.05, 4.69) is 45.9 Å². The van der Waals surface area contributed by atoms with E-state index in [-0.39, 0.29) is 0 Å². The fourth-order valence-corrected chi connectivity index (χ4v) is 19.0. The second-order valence-corrected chi connectivity index (χ2v) is 16.9. The van der Waals surface area contributed by atoms with Gasteiger partial charge in [0.05, 0.1) is 0 Å². The molecule has 17 heavy (non-hydrogen) atoms. The molecule has 0 saturated carbocycles. The van der Waals surface area contributed by atoms with E-state index < -0.39 is 20.3 Å². The van der Waals surface area contributed by atoms with Crippen molar-refractivity contribution in [2.45, 2.75) is 42.4 Å². The Bertz CT molecular complexity index is 496. The van der Waals surface area contributed by atoms with E-state index >= 15 is 0 Å². The summed E-state index contributed by atoms with van der Waals surface area (Å²) in [7, 11) is 0. The van der Waals surface area contributed by atoms with E-state index in [1.165, 1.54) is 12.0 Å². The van der Waals surface area contributed by atoms with Crippen LogP contribution in [-0.4, -0.2) is 0 Å². The van der Waals surface area contributed by atoms with Crippen molar-refractivity contribution in [3.8, 4) is 0 Å². The van der Waals surface area contributed by atoms with Crippen LogP contribution in [0.5, 0.6) is 0 Å². The van der Waals surface area contributed by atoms with Crippen molar-refractivity contribution in [1.29, 1.82) is 0 Å². The summed E-state index contributed by atoms with van der Waals surface area (Å²) in [6.07, 6.45) is 8.76. The zero-order valence-corrected chi connectivity index (χ0v) is 13.9. The summed E-state index contributed by atoms with van der Waals surface area (Å²) in [6, 6.07) is 0. The molecule has 1 heteroatoms. The second kappa shape index (κ2) is 3.92. The van der Waals surface area contributed by atoms with E-state index in [0.717, 1.165) is 5.92 Å². The van der Waals surface area contributed by atoms with Gasteiger partial charge in [0, 0.05) is 0 Å². The monoisotopic (exact) mass is 304 g/mol. The summed E-state index contributed by atoms with van der Waals surface area (Å²) in [5.74, 6) is 0.745. The summed E-state index contributed by atoms with van der Waals surface area (Å²) in [4.78, 5) is 0. The van der Waals surface area contributed by atoms with Crippen LogP contribution in [0.3, 0.4) is 0 Å². The maximum atomic E-state index is 2.54. The molecule has 1 heterocycles. The molecule has 1 atom stereocenters. The first-order chi connectivity index (χ1) is 8.03. The molecule has 0 nitrogen and oxygen atoms in total. The van der Waals surface area contributed by atoms with Gasteiger partial charge in [-0.3, -0.25) is 0 Å². The molecule has 0 aromatic heterocycles. The summed E-state index contributed by atoms with van der Waals surface area (Å²) < 4.78 is 6.99. The third-order valence-corrected chi connectivity index (χ3v) is 16.8. The van der Waals surface area contributed by atoms with Crippen LogP contribution in [0.1, 0.15) is 34.1 Å². The fraction of sp³-hybridized carbons (Fsp3) is 0.500. The summed E-state index contributed by atoms with van der Waals surface area (Å²) in [6.45, 7) is 9.33. The van der Waals surface area contributed by atoms with E-state index in [9.17, 15) is 0 Å². The minimum absolute atomic E-state index is 0.745. The first kappa shape index (κ1) is 11.9. The normalized spacial score (nSPS) is 30.4. The van der Waals surface area contributed by atoms with Crippen LogP contribution in [-0.2, 0) is 20.3 Å². The number of hydrogen-bond donors (Lipinski definition) is 0. The molecule has 1 unspecified atom stereocenters. The first-order valence-electron chi connectivity index (χ1n) is 6.81. The van der Waals surface area contributed by atoms with Crippen molar-refractivity contribution in [3.05, 3.63) is 41.5 Å². The first-order valence-corrected chi connectivity index (χ1v) is 12.7. The molecule has 3 rings (SSSR count). The van der Waals surface area contributed by atoms with Crippen molar-refractivity contribution in [2.75, 3.05) is 0 Å². The van der Waals surface area contributed by atoms with Crippen LogP contribution >= 0.6 is 0 Å². The Morgan fingerprint density at radius 3 is 2.24 bits per heavy atom. The maximum absolute atomic E-state index is 2.54. The second-order valence-electron chi connectivity index (χ2n) is 6.21. The molecule has 0 aromatic rings. The van der Waals surface area contributed by atoms with Crippen LogP contribution < -0.4 is 0 Å². The molecular weight excluding hydrogens is 283 g/mol. The topological polar surface area (TPSA) is 0 Å². The van der Waals surface area contributed by atoms with Gasteiger partial charge in [0.1, 0.15) is 0 Å². The predicted molar refractivity (Wildman–Crippen MR) is 71.7 cm³/mol. The van der Waals surface area contributed by atoms with Crippen LogP contribution in [0.2, 0.25) is 8.26 Å². The Morgan fingerprint density at radius 2 is 1.82 bits per heavy atom.